The van der Waals surface area contributed by atoms with E-state index in [0.29, 0.717) is 23.5 Å². The maximum absolute atomic E-state index is 12.8. The average Bonchev–Trinajstić information content (AvgIpc) is 3.61. The van der Waals surface area contributed by atoms with Gasteiger partial charge in [0.25, 0.3) is 23.6 Å². The molecule has 9 N–H and O–H groups in total. The number of carboxylic acid groups (broad SMARTS) is 4. The molecule has 66 heavy (non-hydrogen) atoms. The van der Waals surface area contributed by atoms with E-state index in [9.17, 15) is 62.6 Å². The zero-order valence-corrected chi connectivity index (χ0v) is 37.2. The number of imide groups is 1. The van der Waals surface area contributed by atoms with Gasteiger partial charge in [-0.25, -0.2) is 9.59 Å². The number of nitrogens with one attached hydrogen (secondary N) is 5. The number of aliphatic carboxylic acids is 4. The van der Waals surface area contributed by atoms with Crippen LogP contribution in [0.25, 0.3) is 0 Å². The smallest absolute Gasteiger partial charge is 0.363 e. The number of amides is 7. The highest BCUT2D eigenvalue weighted by atomic mass is 16.7. The van der Waals surface area contributed by atoms with Crippen molar-refractivity contribution < 1.29 is 82.8 Å². The fourth-order valence-corrected chi connectivity index (χ4v) is 4.88. The monoisotopic (exact) mass is 931 g/mol. The van der Waals surface area contributed by atoms with E-state index in [0.717, 1.165) is 11.6 Å². The number of rotatable bonds is 22. The summed E-state index contributed by atoms with van der Waals surface area (Å²) in [4.78, 5) is 149. The summed E-state index contributed by atoms with van der Waals surface area (Å²) in [5, 5.41) is 46.2. The number of pyridine rings is 1. The number of aryl methyl sites for hydroxylation is 1. The Labute approximate surface area is 379 Å². The molecule has 1 unspecified atom stereocenters. The van der Waals surface area contributed by atoms with Crippen molar-refractivity contribution in [2.24, 2.45) is 0 Å². The molecular formula is C42H57N7O17. The molecule has 2 heterocycles. The lowest BCUT2D eigenvalue weighted by Gasteiger charge is -2.19. The Hall–Kier alpha value is -7.79. The summed E-state index contributed by atoms with van der Waals surface area (Å²) < 4.78 is 0. The van der Waals surface area contributed by atoms with Gasteiger partial charge in [0.15, 0.2) is 0 Å². The number of carbonyl (C=O) groups is 12. The third-order valence-corrected chi connectivity index (χ3v) is 8.25. The van der Waals surface area contributed by atoms with E-state index < -0.39 is 103 Å². The molecule has 0 radical (unpaired) electrons. The van der Waals surface area contributed by atoms with E-state index in [1.807, 2.05) is 13.8 Å². The Morgan fingerprint density at radius 1 is 0.682 bits per heavy atom. The third kappa shape index (κ3) is 24.2. The predicted molar refractivity (Wildman–Crippen MR) is 229 cm³/mol. The molecule has 1 aliphatic heterocycles. The predicted octanol–water partition coefficient (Wildman–Crippen LogP) is 0.964. The Kier molecular flexibility index (Phi) is 28.2. The summed E-state index contributed by atoms with van der Waals surface area (Å²) in [7, 11) is 0. The fraction of sp³-hybridized carbons (Fsp3) is 0.452. The second kappa shape index (κ2) is 32.0. The van der Waals surface area contributed by atoms with Crippen LogP contribution in [0, 0.1) is 6.92 Å². The molecule has 2 atom stereocenters. The fourth-order valence-electron chi connectivity index (χ4n) is 4.88. The number of hydrogen-bond acceptors (Lipinski definition) is 14. The minimum absolute atomic E-state index is 0.00883. The second-order valence-corrected chi connectivity index (χ2v) is 13.4. The highest BCUT2D eigenvalue weighted by Crippen LogP contribution is 2.15. The Morgan fingerprint density at radius 3 is 1.74 bits per heavy atom. The van der Waals surface area contributed by atoms with Crippen molar-refractivity contribution in [2.75, 3.05) is 19.6 Å². The molecule has 3 rings (SSSR count). The van der Waals surface area contributed by atoms with Gasteiger partial charge in [-0.3, -0.25) is 52.9 Å². The Balaban J connectivity index is 0.00000313. The van der Waals surface area contributed by atoms with E-state index in [2.05, 4.69) is 31.6 Å². The highest BCUT2D eigenvalue weighted by Gasteiger charge is 2.33. The lowest BCUT2D eigenvalue weighted by Crippen LogP contribution is -2.52. The standard InChI is InChI=1S/C34H39N7O13.2C3H6O2.C2H6/c1-19-13-22(16-35-15-19)31(49)36-12-3-2-7-24(33(51)52)40-26(43)18-38-32(50)23(8-11-29(46)47)39-25(42)17-37-30(48)20-5-4-6-21(14-20)34(53)54-41-27(44)9-10-28(41)45;2*1-2-3(4)5;1-2/h4-6,13-16,23-24H,2-3,7-12,17-18H2,1H3,(H,36,49)(H,37,48)(H,38,50)(H,39,42)(H,40,43)(H,46,47)(H,51,52);2*2H2,1H3,(H,4,5);1-2H3/t23-,24?;;;/m1.../s1. The quantitative estimate of drug-likeness (QED) is 0.0586. The number of aromatic nitrogens is 1. The van der Waals surface area contributed by atoms with Gasteiger partial charge in [-0.15, -0.1) is 5.06 Å². The SMILES string of the molecule is CC.CCC(=O)O.CCC(=O)O.Cc1cncc(C(=O)NCCCCC(NC(=O)CNC(=O)[C@@H](CCC(=O)O)NC(=O)CNC(=O)c2cccc(C(=O)ON3C(=O)CCC3=O)c2)C(=O)O)c1. The van der Waals surface area contributed by atoms with Gasteiger partial charge in [0.1, 0.15) is 12.1 Å². The molecule has 0 aliphatic carbocycles. The molecule has 24 nitrogen and oxygen atoms in total. The van der Waals surface area contributed by atoms with Crippen LogP contribution in [0.2, 0.25) is 0 Å². The van der Waals surface area contributed by atoms with E-state index in [1.165, 1.54) is 24.4 Å². The van der Waals surface area contributed by atoms with E-state index in [4.69, 9.17) is 20.2 Å². The molecule has 7 amide bonds. The Morgan fingerprint density at radius 2 is 1.21 bits per heavy atom. The first-order valence-electron chi connectivity index (χ1n) is 20.6. The minimum atomic E-state index is -1.46. The molecule has 362 valence electrons. The lowest BCUT2D eigenvalue weighted by atomic mass is 10.1. The van der Waals surface area contributed by atoms with Crippen molar-refractivity contribution >= 4 is 71.2 Å². The summed E-state index contributed by atoms with van der Waals surface area (Å²) in [6.45, 7) is 7.82. The van der Waals surface area contributed by atoms with Crippen LogP contribution in [0.15, 0.2) is 42.7 Å². The van der Waals surface area contributed by atoms with Crippen LogP contribution in [0.4, 0.5) is 0 Å². The number of carboxylic acids is 4. The zero-order valence-electron chi connectivity index (χ0n) is 37.2. The summed E-state index contributed by atoms with van der Waals surface area (Å²) in [5.41, 5.74) is 0.902. The first-order chi connectivity index (χ1) is 31.2. The van der Waals surface area contributed by atoms with Crippen LogP contribution in [-0.4, -0.2) is 133 Å². The summed E-state index contributed by atoms with van der Waals surface area (Å²) in [6, 6.07) is 3.85. The largest absolute Gasteiger partial charge is 0.481 e. The van der Waals surface area contributed by atoms with Crippen molar-refractivity contribution in [3.05, 3.63) is 65.0 Å². The molecule has 1 aromatic carbocycles. The third-order valence-electron chi connectivity index (χ3n) is 8.25. The topological polar surface area (TPSA) is 371 Å². The van der Waals surface area contributed by atoms with Gasteiger partial charge < -0.3 is 51.8 Å². The first-order valence-corrected chi connectivity index (χ1v) is 20.6. The maximum Gasteiger partial charge on any atom is 0.363 e. The van der Waals surface area contributed by atoms with Crippen LogP contribution < -0.4 is 26.6 Å². The van der Waals surface area contributed by atoms with Crippen LogP contribution in [-0.2, 0) is 48.0 Å². The number of hydrogen-bond donors (Lipinski definition) is 9. The van der Waals surface area contributed by atoms with Crippen LogP contribution >= 0.6 is 0 Å². The van der Waals surface area contributed by atoms with Crippen molar-refractivity contribution in [1.82, 2.24) is 36.6 Å². The Bertz CT molecular complexity index is 2010. The van der Waals surface area contributed by atoms with Gasteiger partial charge in [0.2, 0.25) is 17.7 Å². The molecule has 1 aliphatic rings. The molecule has 0 saturated carbocycles. The van der Waals surface area contributed by atoms with Crippen LogP contribution in [0.1, 0.15) is 122 Å². The molecule has 24 heteroatoms. The van der Waals surface area contributed by atoms with Gasteiger partial charge >= 0.3 is 29.8 Å². The molecule has 0 spiro atoms. The van der Waals surface area contributed by atoms with Crippen LogP contribution in [0.5, 0.6) is 0 Å². The molecule has 1 saturated heterocycles. The lowest BCUT2D eigenvalue weighted by molar-refractivity contribution is -0.172. The normalized spacial score (nSPS) is 12.0. The summed E-state index contributed by atoms with van der Waals surface area (Å²) in [6.07, 6.45) is 3.01. The van der Waals surface area contributed by atoms with Crippen LogP contribution in [0.3, 0.4) is 0 Å². The average molecular weight is 932 g/mol. The van der Waals surface area contributed by atoms with Crippen molar-refractivity contribution in [2.45, 2.75) is 104 Å². The minimum Gasteiger partial charge on any atom is -0.481 e. The van der Waals surface area contributed by atoms with E-state index in [1.54, 1.807) is 33.0 Å². The van der Waals surface area contributed by atoms with Crippen molar-refractivity contribution in [3.8, 4) is 0 Å². The number of benzene rings is 1. The van der Waals surface area contributed by atoms with Crippen molar-refractivity contribution in [1.29, 1.82) is 0 Å². The molecular weight excluding hydrogens is 874 g/mol. The molecule has 1 aromatic heterocycles. The summed E-state index contributed by atoms with van der Waals surface area (Å²) in [5.74, 6) is -10.5. The first kappa shape index (κ1) is 58.2. The molecule has 2 aromatic rings. The van der Waals surface area contributed by atoms with E-state index in [-0.39, 0.29) is 55.7 Å². The zero-order chi connectivity index (χ0) is 50.4. The second-order valence-electron chi connectivity index (χ2n) is 13.4. The highest BCUT2D eigenvalue weighted by molar-refractivity contribution is 6.04. The maximum atomic E-state index is 12.8. The van der Waals surface area contributed by atoms with E-state index >= 15 is 0 Å². The number of carbonyl (C=O) groups excluding carboxylic acids is 8. The molecule has 0 bridgehead atoms. The van der Waals surface area contributed by atoms with Gasteiger partial charge in [-0.2, -0.15) is 0 Å². The summed E-state index contributed by atoms with van der Waals surface area (Å²) >= 11 is 0. The molecule has 1 fully saturated rings. The number of hydroxylamine groups is 2. The number of unbranched alkanes of at least 4 members (excludes halogenated alkanes) is 1. The van der Waals surface area contributed by atoms with Gasteiger partial charge in [-0.05, 0) is 62.4 Å². The van der Waals surface area contributed by atoms with Crippen molar-refractivity contribution in [3.63, 3.8) is 0 Å². The van der Waals surface area contributed by atoms with Gasteiger partial charge in [-0.1, -0.05) is 33.8 Å². The van der Waals surface area contributed by atoms with Gasteiger partial charge in [0.05, 0.1) is 24.2 Å². The number of nitrogens with zero attached hydrogens (tertiary/aromatic N) is 2. The van der Waals surface area contributed by atoms with Gasteiger partial charge in [0, 0.05) is 56.6 Å².